The minimum Gasteiger partial charge on any atom is -0.481 e. The van der Waals surface area contributed by atoms with Crippen LogP contribution in [0.3, 0.4) is 0 Å². The van der Waals surface area contributed by atoms with E-state index in [9.17, 15) is 14.0 Å². The van der Waals surface area contributed by atoms with Gasteiger partial charge >= 0.3 is 5.97 Å². The fraction of sp³-hybridized carbons (Fsp3) is 0.467. The SMILES string of the molecule is COC(CNC(=O)C1(c2ccc(F)cc2)CC1)CC(=O)O. The van der Waals surface area contributed by atoms with Crippen molar-refractivity contribution in [2.75, 3.05) is 13.7 Å². The summed E-state index contributed by atoms with van der Waals surface area (Å²) >= 11 is 0. The van der Waals surface area contributed by atoms with Crippen LogP contribution in [0.1, 0.15) is 24.8 Å². The highest BCUT2D eigenvalue weighted by molar-refractivity contribution is 5.91. The molecule has 1 unspecified atom stereocenters. The van der Waals surface area contributed by atoms with Crippen LogP contribution in [0, 0.1) is 5.82 Å². The molecule has 1 aromatic rings. The number of carboxylic acids is 1. The van der Waals surface area contributed by atoms with Crippen LogP contribution >= 0.6 is 0 Å². The van der Waals surface area contributed by atoms with E-state index in [-0.39, 0.29) is 24.7 Å². The lowest BCUT2D eigenvalue weighted by molar-refractivity contribution is -0.140. The molecular formula is C15H18FNO4. The number of rotatable bonds is 7. The van der Waals surface area contributed by atoms with E-state index in [2.05, 4.69) is 5.32 Å². The topological polar surface area (TPSA) is 75.6 Å². The molecule has 1 aromatic carbocycles. The second kappa shape index (κ2) is 6.22. The monoisotopic (exact) mass is 295 g/mol. The van der Waals surface area contributed by atoms with Crippen molar-refractivity contribution in [2.45, 2.75) is 30.8 Å². The summed E-state index contributed by atoms with van der Waals surface area (Å²) in [6, 6.07) is 5.91. The highest BCUT2D eigenvalue weighted by Gasteiger charge is 2.51. The van der Waals surface area contributed by atoms with Gasteiger partial charge in [0.05, 0.1) is 17.9 Å². The minimum atomic E-state index is -0.976. The summed E-state index contributed by atoms with van der Waals surface area (Å²) < 4.78 is 18.0. The van der Waals surface area contributed by atoms with Crippen LogP contribution in [-0.4, -0.2) is 36.7 Å². The van der Waals surface area contributed by atoms with E-state index in [4.69, 9.17) is 9.84 Å². The average Bonchev–Trinajstić information content (AvgIpc) is 3.25. The number of carbonyl (C=O) groups excluding carboxylic acids is 1. The first kappa shape index (κ1) is 15.4. The lowest BCUT2D eigenvalue weighted by Gasteiger charge is -2.19. The molecule has 1 amide bonds. The van der Waals surface area contributed by atoms with E-state index in [0.29, 0.717) is 12.8 Å². The summed E-state index contributed by atoms with van der Waals surface area (Å²) in [5, 5.41) is 11.5. The molecule has 1 aliphatic rings. The number of hydrogen-bond acceptors (Lipinski definition) is 3. The van der Waals surface area contributed by atoms with Crippen LogP contribution < -0.4 is 5.32 Å². The standard InChI is InChI=1S/C15H18FNO4/c1-21-12(8-13(18)19)9-17-14(20)15(6-7-15)10-2-4-11(16)5-3-10/h2-5,12H,6-9H2,1H3,(H,17,20)(H,18,19). The number of aliphatic carboxylic acids is 1. The first-order valence-corrected chi connectivity index (χ1v) is 6.77. The van der Waals surface area contributed by atoms with E-state index in [1.165, 1.54) is 19.2 Å². The van der Waals surface area contributed by atoms with Gasteiger partial charge in [-0.15, -0.1) is 0 Å². The number of ether oxygens (including phenoxy) is 1. The van der Waals surface area contributed by atoms with Crippen LogP contribution in [0.25, 0.3) is 0 Å². The number of halogens is 1. The van der Waals surface area contributed by atoms with Gasteiger partial charge in [-0.05, 0) is 30.5 Å². The Balaban J connectivity index is 1.96. The normalized spacial score (nSPS) is 17.0. The fourth-order valence-electron chi connectivity index (χ4n) is 2.35. The molecule has 0 heterocycles. The smallest absolute Gasteiger partial charge is 0.306 e. The van der Waals surface area contributed by atoms with Gasteiger partial charge < -0.3 is 15.2 Å². The Bertz CT molecular complexity index is 525. The van der Waals surface area contributed by atoms with Gasteiger partial charge in [-0.3, -0.25) is 9.59 Å². The maximum Gasteiger partial charge on any atom is 0.306 e. The molecule has 1 aliphatic carbocycles. The maximum absolute atomic E-state index is 12.9. The molecule has 6 heteroatoms. The third-order valence-corrected chi connectivity index (χ3v) is 3.81. The predicted molar refractivity (Wildman–Crippen MR) is 73.4 cm³/mol. The zero-order chi connectivity index (χ0) is 15.5. The van der Waals surface area contributed by atoms with Gasteiger partial charge in [0.1, 0.15) is 5.82 Å². The van der Waals surface area contributed by atoms with E-state index in [1.807, 2.05) is 0 Å². The van der Waals surface area contributed by atoms with E-state index < -0.39 is 17.5 Å². The molecule has 0 aromatic heterocycles. The molecule has 2 N–H and O–H groups in total. The molecule has 1 saturated carbocycles. The lowest BCUT2D eigenvalue weighted by atomic mass is 9.95. The van der Waals surface area contributed by atoms with Crippen LogP contribution in [-0.2, 0) is 19.7 Å². The Morgan fingerprint density at radius 1 is 1.38 bits per heavy atom. The molecule has 1 atom stereocenters. The molecule has 0 aliphatic heterocycles. The molecule has 0 saturated heterocycles. The number of carbonyl (C=O) groups is 2. The van der Waals surface area contributed by atoms with Crippen LogP contribution in [0.4, 0.5) is 4.39 Å². The summed E-state index contributed by atoms with van der Waals surface area (Å²) in [5.41, 5.74) is 0.184. The van der Waals surface area contributed by atoms with Gasteiger partial charge in [0, 0.05) is 13.7 Å². The highest BCUT2D eigenvalue weighted by atomic mass is 19.1. The molecule has 0 radical (unpaired) electrons. The predicted octanol–water partition coefficient (Wildman–Crippen LogP) is 1.46. The number of amides is 1. The lowest BCUT2D eigenvalue weighted by Crippen LogP contribution is -2.40. The summed E-state index contributed by atoms with van der Waals surface area (Å²) in [7, 11) is 1.41. The highest BCUT2D eigenvalue weighted by Crippen LogP contribution is 2.48. The van der Waals surface area contributed by atoms with Gasteiger partial charge in [-0.25, -0.2) is 4.39 Å². The second-order valence-electron chi connectivity index (χ2n) is 5.25. The van der Waals surface area contributed by atoms with Gasteiger partial charge in [-0.2, -0.15) is 0 Å². The van der Waals surface area contributed by atoms with E-state index in [0.717, 1.165) is 5.56 Å². The summed E-state index contributed by atoms with van der Waals surface area (Å²) in [5.74, 6) is -1.48. The van der Waals surface area contributed by atoms with Crippen molar-refractivity contribution in [3.05, 3.63) is 35.6 Å². The first-order chi connectivity index (χ1) is 9.98. The first-order valence-electron chi connectivity index (χ1n) is 6.77. The van der Waals surface area contributed by atoms with Crippen molar-refractivity contribution >= 4 is 11.9 Å². The number of hydrogen-bond donors (Lipinski definition) is 2. The summed E-state index contributed by atoms with van der Waals surface area (Å²) in [4.78, 5) is 23.0. The van der Waals surface area contributed by atoms with Crippen molar-refractivity contribution in [1.82, 2.24) is 5.32 Å². The zero-order valence-electron chi connectivity index (χ0n) is 11.8. The third-order valence-electron chi connectivity index (χ3n) is 3.81. The van der Waals surface area contributed by atoms with Crippen LogP contribution in [0.2, 0.25) is 0 Å². The van der Waals surface area contributed by atoms with Gasteiger partial charge in [0.2, 0.25) is 5.91 Å². The van der Waals surface area contributed by atoms with Gasteiger partial charge in [-0.1, -0.05) is 12.1 Å². The Morgan fingerprint density at radius 3 is 2.48 bits per heavy atom. The second-order valence-corrected chi connectivity index (χ2v) is 5.25. The van der Waals surface area contributed by atoms with Crippen molar-refractivity contribution in [3.63, 3.8) is 0 Å². The van der Waals surface area contributed by atoms with Crippen LogP contribution in [0.5, 0.6) is 0 Å². The van der Waals surface area contributed by atoms with E-state index in [1.54, 1.807) is 12.1 Å². The summed E-state index contributed by atoms with van der Waals surface area (Å²) in [6.07, 6.45) is 0.693. The van der Waals surface area contributed by atoms with E-state index >= 15 is 0 Å². The largest absolute Gasteiger partial charge is 0.481 e. The molecule has 0 bridgehead atoms. The molecule has 21 heavy (non-hydrogen) atoms. The fourth-order valence-corrected chi connectivity index (χ4v) is 2.35. The number of methoxy groups -OCH3 is 1. The van der Waals surface area contributed by atoms with Crippen molar-refractivity contribution < 1.29 is 23.8 Å². The quantitative estimate of drug-likeness (QED) is 0.798. The number of nitrogens with one attached hydrogen (secondary N) is 1. The Kier molecular flexibility index (Phi) is 4.57. The summed E-state index contributed by atoms with van der Waals surface area (Å²) in [6.45, 7) is 0.143. The molecule has 0 spiro atoms. The molecule has 2 rings (SSSR count). The van der Waals surface area contributed by atoms with Crippen molar-refractivity contribution in [2.24, 2.45) is 0 Å². The third kappa shape index (κ3) is 3.58. The van der Waals surface area contributed by atoms with Gasteiger partial charge in [0.25, 0.3) is 0 Å². The Hall–Kier alpha value is -1.95. The van der Waals surface area contributed by atoms with Crippen molar-refractivity contribution in [3.8, 4) is 0 Å². The molecular weight excluding hydrogens is 277 g/mol. The zero-order valence-corrected chi connectivity index (χ0v) is 11.8. The Morgan fingerprint density at radius 2 is 2.00 bits per heavy atom. The number of carboxylic acid groups (broad SMARTS) is 1. The molecule has 5 nitrogen and oxygen atoms in total. The Labute approximate surface area is 122 Å². The number of benzene rings is 1. The maximum atomic E-state index is 12.9. The molecule has 1 fully saturated rings. The van der Waals surface area contributed by atoms with Crippen LogP contribution in [0.15, 0.2) is 24.3 Å². The minimum absolute atomic E-state index is 0.143. The molecule has 114 valence electrons. The average molecular weight is 295 g/mol. The van der Waals surface area contributed by atoms with Crippen molar-refractivity contribution in [1.29, 1.82) is 0 Å². The van der Waals surface area contributed by atoms with Gasteiger partial charge in [0.15, 0.2) is 0 Å².